The first-order chi connectivity index (χ1) is 29.5. The summed E-state index contributed by atoms with van der Waals surface area (Å²) in [5.41, 5.74) is 0. The van der Waals surface area contributed by atoms with Crippen LogP contribution in [0.2, 0.25) is 0 Å². The number of nitrogens with one attached hydrogen (secondary N) is 1. The number of ether oxygens (including phenoxy) is 1. The number of aliphatic hydroxyl groups is 2. The van der Waals surface area contributed by atoms with Gasteiger partial charge in [0.2, 0.25) is 5.91 Å². The molecule has 0 saturated heterocycles. The fourth-order valence-electron chi connectivity index (χ4n) is 8.49. The maximum Gasteiger partial charge on any atom is 0.306 e. The first-order valence-corrected chi connectivity index (χ1v) is 26.9. The number of allylic oxidation sites excluding steroid dienone is 2. The Bertz CT molecular complexity index is 909. The van der Waals surface area contributed by atoms with E-state index < -0.39 is 18.2 Å². The van der Waals surface area contributed by atoms with Gasteiger partial charge in [0.05, 0.1) is 25.2 Å². The van der Waals surface area contributed by atoms with Gasteiger partial charge in [-0.05, 0) is 51.4 Å². The van der Waals surface area contributed by atoms with Crippen LogP contribution in [0.4, 0.5) is 0 Å². The van der Waals surface area contributed by atoms with Crippen LogP contribution in [0.25, 0.3) is 0 Å². The van der Waals surface area contributed by atoms with E-state index in [0.29, 0.717) is 19.3 Å². The molecule has 0 bridgehead atoms. The third-order valence-electron chi connectivity index (χ3n) is 12.6. The summed E-state index contributed by atoms with van der Waals surface area (Å²) in [7, 11) is 0. The van der Waals surface area contributed by atoms with Crippen LogP contribution >= 0.6 is 0 Å². The van der Waals surface area contributed by atoms with Gasteiger partial charge < -0.3 is 20.3 Å². The van der Waals surface area contributed by atoms with Gasteiger partial charge >= 0.3 is 5.97 Å². The SMILES string of the molecule is CCCCCCCCC/C=C\CCCCCC(=O)OC(CCCCCCCCCCCC)CC(=O)NC(CO)C(O)CCCCCCCCCCCCCCCCCCC. The zero-order valence-corrected chi connectivity index (χ0v) is 40.6. The standard InChI is InChI=1S/C54H105NO5/c1-4-7-10-13-16-19-22-24-26-27-28-29-31-34-37-40-43-46-52(57)51(49-56)55-53(58)48-50(45-42-39-36-33-21-18-15-12-9-6-3)60-54(59)47-44-41-38-35-32-30-25-23-20-17-14-11-8-5-2/h30,32,50-52,56-57H,4-29,31,33-49H2,1-3H3,(H,55,58)/b32-30-. The average molecular weight is 848 g/mol. The third kappa shape index (κ3) is 43.3. The lowest BCUT2D eigenvalue weighted by Gasteiger charge is -2.24. The zero-order valence-electron chi connectivity index (χ0n) is 40.6. The lowest BCUT2D eigenvalue weighted by Crippen LogP contribution is -2.46. The van der Waals surface area contributed by atoms with Crippen LogP contribution in [-0.2, 0) is 14.3 Å². The molecule has 6 nitrogen and oxygen atoms in total. The van der Waals surface area contributed by atoms with Crippen molar-refractivity contribution in [1.82, 2.24) is 5.32 Å². The second-order valence-corrected chi connectivity index (χ2v) is 18.6. The topological polar surface area (TPSA) is 95.9 Å². The molecule has 3 atom stereocenters. The molecule has 0 aliphatic carbocycles. The maximum atomic E-state index is 13.2. The predicted molar refractivity (Wildman–Crippen MR) is 260 cm³/mol. The second kappa shape index (κ2) is 48.6. The van der Waals surface area contributed by atoms with Crippen LogP contribution in [0.3, 0.4) is 0 Å². The summed E-state index contributed by atoms with van der Waals surface area (Å²) >= 11 is 0. The van der Waals surface area contributed by atoms with E-state index in [4.69, 9.17) is 4.74 Å². The first-order valence-electron chi connectivity index (χ1n) is 26.9. The summed E-state index contributed by atoms with van der Waals surface area (Å²) in [5, 5.41) is 23.8. The third-order valence-corrected chi connectivity index (χ3v) is 12.6. The molecule has 0 aliphatic heterocycles. The molecule has 0 aromatic carbocycles. The lowest BCUT2D eigenvalue weighted by atomic mass is 10.0. The number of rotatable bonds is 49. The van der Waals surface area contributed by atoms with Gasteiger partial charge in [0.25, 0.3) is 0 Å². The molecule has 0 aromatic rings. The van der Waals surface area contributed by atoms with E-state index in [0.717, 1.165) is 51.4 Å². The molecular weight excluding hydrogens is 743 g/mol. The number of esters is 1. The molecule has 1 amide bonds. The van der Waals surface area contributed by atoms with Crippen LogP contribution in [0.5, 0.6) is 0 Å². The molecule has 356 valence electrons. The van der Waals surface area contributed by atoms with Crippen molar-refractivity contribution in [3.63, 3.8) is 0 Å². The van der Waals surface area contributed by atoms with Crippen molar-refractivity contribution in [2.45, 2.75) is 315 Å². The van der Waals surface area contributed by atoms with E-state index in [1.807, 2.05) is 0 Å². The number of unbranched alkanes of at least 4 members (excludes halogenated alkanes) is 35. The molecule has 0 aliphatic rings. The highest BCUT2D eigenvalue weighted by Gasteiger charge is 2.24. The van der Waals surface area contributed by atoms with Crippen molar-refractivity contribution in [3.8, 4) is 0 Å². The Labute approximate surface area is 374 Å². The molecule has 60 heavy (non-hydrogen) atoms. The summed E-state index contributed by atoms with van der Waals surface area (Å²) in [4.78, 5) is 26.1. The van der Waals surface area contributed by atoms with Crippen LogP contribution in [-0.4, -0.2) is 46.9 Å². The molecule has 0 saturated carbocycles. The van der Waals surface area contributed by atoms with Crippen LogP contribution < -0.4 is 5.32 Å². The van der Waals surface area contributed by atoms with E-state index in [9.17, 15) is 19.8 Å². The molecule has 3 unspecified atom stereocenters. The molecule has 3 N–H and O–H groups in total. The number of hydrogen-bond donors (Lipinski definition) is 3. The van der Waals surface area contributed by atoms with Gasteiger partial charge in [0, 0.05) is 6.42 Å². The van der Waals surface area contributed by atoms with Crippen LogP contribution in [0.15, 0.2) is 12.2 Å². The van der Waals surface area contributed by atoms with E-state index in [1.165, 1.54) is 199 Å². The molecule has 0 spiro atoms. The molecule has 0 heterocycles. The summed E-state index contributed by atoms with van der Waals surface area (Å²) in [5.74, 6) is -0.476. The van der Waals surface area contributed by atoms with E-state index in [2.05, 4.69) is 38.2 Å². The Kier molecular flexibility index (Phi) is 47.5. The van der Waals surface area contributed by atoms with Gasteiger partial charge in [0.1, 0.15) is 6.10 Å². The Balaban J connectivity index is 4.43. The fraction of sp³-hybridized carbons (Fsp3) is 0.926. The van der Waals surface area contributed by atoms with Crippen LogP contribution in [0, 0.1) is 0 Å². The summed E-state index contributed by atoms with van der Waals surface area (Å²) in [6, 6.07) is -0.697. The van der Waals surface area contributed by atoms with Gasteiger partial charge in [0.15, 0.2) is 0 Å². The maximum absolute atomic E-state index is 13.2. The molecule has 0 aromatic heterocycles. The van der Waals surface area contributed by atoms with Crippen molar-refractivity contribution in [2.75, 3.05) is 6.61 Å². The highest BCUT2D eigenvalue weighted by atomic mass is 16.5. The molecule has 0 rings (SSSR count). The first kappa shape index (κ1) is 58.6. The summed E-state index contributed by atoms with van der Waals surface area (Å²) < 4.78 is 5.92. The summed E-state index contributed by atoms with van der Waals surface area (Å²) in [6.45, 7) is 6.50. The van der Waals surface area contributed by atoms with E-state index in [1.54, 1.807) is 0 Å². The number of hydrogen-bond acceptors (Lipinski definition) is 5. The van der Waals surface area contributed by atoms with Crippen molar-refractivity contribution in [3.05, 3.63) is 12.2 Å². The Morgan fingerprint density at radius 2 is 0.800 bits per heavy atom. The highest BCUT2D eigenvalue weighted by molar-refractivity contribution is 5.77. The molecule has 0 radical (unpaired) electrons. The molecule has 0 fully saturated rings. The molecule has 6 heteroatoms. The van der Waals surface area contributed by atoms with Crippen molar-refractivity contribution >= 4 is 11.9 Å². The van der Waals surface area contributed by atoms with E-state index in [-0.39, 0.29) is 24.9 Å². The minimum atomic E-state index is -0.784. The number of carbonyl (C=O) groups is 2. The second-order valence-electron chi connectivity index (χ2n) is 18.6. The quantitative estimate of drug-likeness (QED) is 0.0322. The lowest BCUT2D eigenvalue weighted by molar-refractivity contribution is -0.151. The van der Waals surface area contributed by atoms with Crippen LogP contribution in [0.1, 0.15) is 297 Å². The van der Waals surface area contributed by atoms with Gasteiger partial charge in [-0.3, -0.25) is 9.59 Å². The van der Waals surface area contributed by atoms with Gasteiger partial charge in [-0.15, -0.1) is 0 Å². The number of amides is 1. The largest absolute Gasteiger partial charge is 0.462 e. The van der Waals surface area contributed by atoms with Gasteiger partial charge in [-0.2, -0.15) is 0 Å². The Morgan fingerprint density at radius 1 is 0.467 bits per heavy atom. The highest BCUT2D eigenvalue weighted by Crippen LogP contribution is 2.18. The zero-order chi connectivity index (χ0) is 43.8. The predicted octanol–water partition coefficient (Wildman–Crippen LogP) is 16.1. The van der Waals surface area contributed by atoms with Crippen molar-refractivity contribution in [1.29, 1.82) is 0 Å². The minimum Gasteiger partial charge on any atom is -0.462 e. The minimum absolute atomic E-state index is 0.0784. The van der Waals surface area contributed by atoms with Crippen molar-refractivity contribution in [2.24, 2.45) is 0 Å². The van der Waals surface area contributed by atoms with Gasteiger partial charge in [-0.25, -0.2) is 0 Å². The summed E-state index contributed by atoms with van der Waals surface area (Å²) in [6.07, 6.45) is 54.2. The Morgan fingerprint density at radius 3 is 1.18 bits per heavy atom. The average Bonchev–Trinajstić information content (AvgIpc) is 3.24. The number of carbonyl (C=O) groups excluding carboxylic acids is 2. The monoisotopic (exact) mass is 848 g/mol. The van der Waals surface area contributed by atoms with Gasteiger partial charge in [-0.1, -0.05) is 245 Å². The van der Waals surface area contributed by atoms with Crippen molar-refractivity contribution < 1.29 is 24.5 Å². The fourth-order valence-corrected chi connectivity index (χ4v) is 8.49. The van der Waals surface area contributed by atoms with E-state index >= 15 is 0 Å². The molecular formula is C54H105NO5. The smallest absolute Gasteiger partial charge is 0.306 e. The normalized spacial score (nSPS) is 13.2. The number of aliphatic hydroxyl groups excluding tert-OH is 2. The Hall–Kier alpha value is -1.40.